The third kappa shape index (κ3) is 5.10. The number of benzene rings is 1. The van der Waals surface area contributed by atoms with Gasteiger partial charge in [0, 0.05) is 13.6 Å². The van der Waals surface area contributed by atoms with Gasteiger partial charge in [0.05, 0.1) is 6.04 Å². The van der Waals surface area contributed by atoms with Gasteiger partial charge in [0.2, 0.25) is 5.91 Å². The van der Waals surface area contributed by atoms with Crippen molar-refractivity contribution in [3.05, 3.63) is 35.9 Å². The summed E-state index contributed by atoms with van der Waals surface area (Å²) in [4.78, 5) is 13.7. The standard InChI is InChI=1S/C14H22N2OS/c1-16(14(17)13(15)9-11-18-2)10-8-12-6-4-3-5-7-12/h3-7,13H,8-11,15H2,1-2H3/t13-/m0/s1. The van der Waals surface area contributed by atoms with Crippen LogP contribution in [-0.2, 0) is 11.2 Å². The Bertz CT molecular complexity index is 356. The average molecular weight is 266 g/mol. The molecule has 0 heterocycles. The number of hydrogen-bond donors (Lipinski definition) is 1. The van der Waals surface area contributed by atoms with Gasteiger partial charge in [-0.25, -0.2) is 0 Å². The molecule has 0 aliphatic heterocycles. The Balaban J connectivity index is 2.35. The van der Waals surface area contributed by atoms with Gasteiger partial charge in [-0.3, -0.25) is 4.79 Å². The van der Waals surface area contributed by atoms with Crippen molar-refractivity contribution in [2.24, 2.45) is 5.73 Å². The molecular weight excluding hydrogens is 244 g/mol. The molecule has 3 nitrogen and oxygen atoms in total. The van der Waals surface area contributed by atoms with E-state index < -0.39 is 0 Å². The summed E-state index contributed by atoms with van der Waals surface area (Å²) in [5.74, 6) is 0.972. The summed E-state index contributed by atoms with van der Waals surface area (Å²) in [6.45, 7) is 0.718. The van der Waals surface area contributed by atoms with Gasteiger partial charge in [-0.15, -0.1) is 0 Å². The van der Waals surface area contributed by atoms with Crippen molar-refractivity contribution in [3.8, 4) is 0 Å². The SMILES string of the molecule is CSCC[C@H](N)C(=O)N(C)CCc1ccccc1. The Morgan fingerprint density at radius 2 is 2.06 bits per heavy atom. The van der Waals surface area contributed by atoms with E-state index in [0.717, 1.165) is 25.1 Å². The maximum Gasteiger partial charge on any atom is 0.239 e. The molecule has 0 radical (unpaired) electrons. The Morgan fingerprint density at radius 3 is 2.67 bits per heavy atom. The van der Waals surface area contributed by atoms with E-state index in [-0.39, 0.29) is 11.9 Å². The molecule has 0 saturated carbocycles. The zero-order chi connectivity index (χ0) is 13.4. The Hall–Kier alpha value is -1.00. The van der Waals surface area contributed by atoms with Crippen LogP contribution in [0.3, 0.4) is 0 Å². The molecule has 0 aliphatic rings. The molecule has 0 aromatic heterocycles. The first-order valence-electron chi connectivity index (χ1n) is 6.18. The zero-order valence-electron chi connectivity index (χ0n) is 11.1. The fourth-order valence-corrected chi connectivity index (χ4v) is 2.19. The Labute approximate surface area is 114 Å². The van der Waals surface area contributed by atoms with Crippen LogP contribution in [0.5, 0.6) is 0 Å². The molecule has 2 N–H and O–H groups in total. The lowest BCUT2D eigenvalue weighted by Crippen LogP contribution is -2.42. The number of carbonyl (C=O) groups is 1. The monoisotopic (exact) mass is 266 g/mol. The van der Waals surface area contributed by atoms with Crippen molar-refractivity contribution in [1.29, 1.82) is 0 Å². The second-order valence-electron chi connectivity index (χ2n) is 4.38. The Morgan fingerprint density at radius 1 is 1.39 bits per heavy atom. The molecule has 0 spiro atoms. The van der Waals surface area contributed by atoms with Crippen LogP contribution in [0, 0.1) is 0 Å². The predicted octanol–water partition coefficient (Wildman–Crippen LogP) is 1.77. The Kier molecular flexibility index (Phi) is 6.83. The van der Waals surface area contributed by atoms with Gasteiger partial charge in [0.1, 0.15) is 0 Å². The van der Waals surface area contributed by atoms with Gasteiger partial charge in [0.25, 0.3) is 0 Å². The lowest BCUT2D eigenvalue weighted by Gasteiger charge is -2.21. The smallest absolute Gasteiger partial charge is 0.239 e. The van der Waals surface area contributed by atoms with E-state index in [2.05, 4.69) is 12.1 Å². The van der Waals surface area contributed by atoms with E-state index in [1.807, 2.05) is 31.5 Å². The average Bonchev–Trinajstić information content (AvgIpc) is 2.42. The van der Waals surface area contributed by atoms with Gasteiger partial charge in [-0.1, -0.05) is 30.3 Å². The van der Waals surface area contributed by atoms with Gasteiger partial charge in [0.15, 0.2) is 0 Å². The van der Waals surface area contributed by atoms with E-state index in [1.165, 1.54) is 5.56 Å². The molecule has 1 rings (SSSR count). The van der Waals surface area contributed by atoms with Crippen molar-refractivity contribution < 1.29 is 4.79 Å². The molecule has 0 fully saturated rings. The molecule has 0 unspecified atom stereocenters. The van der Waals surface area contributed by atoms with Crippen LogP contribution in [0.2, 0.25) is 0 Å². The number of amides is 1. The largest absolute Gasteiger partial charge is 0.344 e. The molecule has 0 aliphatic carbocycles. The van der Waals surface area contributed by atoms with Crippen LogP contribution in [0.1, 0.15) is 12.0 Å². The molecule has 1 amide bonds. The van der Waals surface area contributed by atoms with Crippen molar-refractivity contribution in [1.82, 2.24) is 4.90 Å². The van der Waals surface area contributed by atoms with Crippen LogP contribution in [0.15, 0.2) is 30.3 Å². The lowest BCUT2D eigenvalue weighted by atomic mass is 10.1. The highest BCUT2D eigenvalue weighted by Gasteiger charge is 2.17. The highest BCUT2D eigenvalue weighted by molar-refractivity contribution is 7.98. The van der Waals surface area contributed by atoms with Crippen molar-refractivity contribution in [2.75, 3.05) is 25.6 Å². The molecule has 4 heteroatoms. The predicted molar refractivity (Wildman–Crippen MR) is 78.8 cm³/mol. The van der Waals surface area contributed by atoms with Gasteiger partial charge < -0.3 is 10.6 Å². The highest BCUT2D eigenvalue weighted by Crippen LogP contribution is 2.04. The van der Waals surface area contributed by atoms with Crippen LogP contribution >= 0.6 is 11.8 Å². The van der Waals surface area contributed by atoms with E-state index in [0.29, 0.717) is 0 Å². The molecule has 100 valence electrons. The number of hydrogen-bond acceptors (Lipinski definition) is 3. The molecule has 18 heavy (non-hydrogen) atoms. The minimum absolute atomic E-state index is 0.0416. The normalized spacial score (nSPS) is 12.2. The number of nitrogens with two attached hydrogens (primary N) is 1. The summed E-state index contributed by atoms with van der Waals surface area (Å²) in [7, 11) is 1.82. The first kappa shape index (κ1) is 15.1. The summed E-state index contributed by atoms with van der Waals surface area (Å²) in [5, 5.41) is 0. The van der Waals surface area contributed by atoms with Gasteiger partial charge >= 0.3 is 0 Å². The first-order valence-corrected chi connectivity index (χ1v) is 7.58. The highest BCUT2D eigenvalue weighted by atomic mass is 32.2. The van der Waals surface area contributed by atoms with Crippen molar-refractivity contribution >= 4 is 17.7 Å². The van der Waals surface area contributed by atoms with Crippen LogP contribution < -0.4 is 5.73 Å². The molecular formula is C14H22N2OS. The second kappa shape index (κ2) is 8.16. The molecule has 0 saturated heterocycles. The zero-order valence-corrected chi connectivity index (χ0v) is 12.0. The third-order valence-corrected chi connectivity index (χ3v) is 3.55. The van der Waals surface area contributed by atoms with E-state index >= 15 is 0 Å². The fourth-order valence-electron chi connectivity index (χ4n) is 1.70. The van der Waals surface area contributed by atoms with E-state index in [9.17, 15) is 4.79 Å². The first-order chi connectivity index (χ1) is 8.65. The van der Waals surface area contributed by atoms with Crippen molar-refractivity contribution in [3.63, 3.8) is 0 Å². The molecule has 1 aromatic carbocycles. The summed E-state index contributed by atoms with van der Waals surface area (Å²) >= 11 is 1.72. The maximum atomic E-state index is 12.0. The van der Waals surface area contributed by atoms with Gasteiger partial charge in [-0.05, 0) is 30.4 Å². The number of rotatable bonds is 7. The fraction of sp³-hybridized carbons (Fsp3) is 0.500. The second-order valence-corrected chi connectivity index (χ2v) is 5.37. The van der Waals surface area contributed by atoms with Gasteiger partial charge in [-0.2, -0.15) is 11.8 Å². The minimum Gasteiger partial charge on any atom is -0.344 e. The number of thioether (sulfide) groups is 1. The number of carbonyl (C=O) groups excluding carboxylic acids is 1. The van der Waals surface area contributed by atoms with Crippen LogP contribution in [-0.4, -0.2) is 42.4 Å². The molecule has 0 bridgehead atoms. The van der Waals surface area contributed by atoms with Crippen LogP contribution in [0.4, 0.5) is 0 Å². The van der Waals surface area contributed by atoms with E-state index in [1.54, 1.807) is 16.7 Å². The van der Waals surface area contributed by atoms with E-state index in [4.69, 9.17) is 5.73 Å². The molecule has 1 atom stereocenters. The summed E-state index contributed by atoms with van der Waals surface area (Å²) in [5.41, 5.74) is 7.11. The van der Waals surface area contributed by atoms with Crippen LogP contribution in [0.25, 0.3) is 0 Å². The maximum absolute atomic E-state index is 12.0. The topological polar surface area (TPSA) is 46.3 Å². The third-order valence-electron chi connectivity index (χ3n) is 2.91. The summed E-state index contributed by atoms with van der Waals surface area (Å²) in [6, 6.07) is 9.82. The summed E-state index contributed by atoms with van der Waals surface area (Å²) < 4.78 is 0. The minimum atomic E-state index is -0.363. The van der Waals surface area contributed by atoms with Crippen molar-refractivity contribution in [2.45, 2.75) is 18.9 Å². The quantitative estimate of drug-likeness (QED) is 0.818. The summed E-state index contributed by atoms with van der Waals surface area (Å²) in [6.07, 6.45) is 3.64. The number of nitrogens with zero attached hydrogens (tertiary/aromatic N) is 1. The number of likely N-dealkylation sites (N-methyl/N-ethyl adjacent to an activating group) is 1. The lowest BCUT2D eigenvalue weighted by molar-refractivity contribution is -0.131. The molecule has 1 aromatic rings.